The van der Waals surface area contributed by atoms with Crippen molar-refractivity contribution < 1.29 is 0 Å². The monoisotopic (exact) mass is 231 g/mol. The van der Waals surface area contributed by atoms with E-state index in [0.717, 1.165) is 0 Å². The average Bonchev–Trinajstić information content (AvgIpc) is 2.59. The number of benzene rings is 1. The Hall–Kier alpha value is -1.12. The van der Waals surface area contributed by atoms with E-state index in [-0.39, 0.29) is 6.04 Å². The van der Waals surface area contributed by atoms with Crippen molar-refractivity contribution >= 4 is 11.3 Å². The van der Waals surface area contributed by atoms with E-state index >= 15 is 0 Å². The topological polar surface area (TPSA) is 26.0 Å². The van der Waals surface area contributed by atoms with Crippen LogP contribution in [0.15, 0.2) is 30.3 Å². The number of hydrogen-bond donors (Lipinski definition) is 1. The zero-order valence-electron chi connectivity index (χ0n) is 9.95. The smallest absolute Gasteiger partial charge is 0.0646 e. The van der Waals surface area contributed by atoms with E-state index < -0.39 is 0 Å². The molecule has 0 aliphatic carbocycles. The molecule has 1 nitrogen and oxygen atoms in total. The molecule has 0 fully saturated rings. The van der Waals surface area contributed by atoms with Crippen LogP contribution < -0.4 is 5.73 Å². The Morgan fingerprint density at radius 1 is 1.06 bits per heavy atom. The van der Waals surface area contributed by atoms with Gasteiger partial charge < -0.3 is 5.73 Å². The summed E-state index contributed by atoms with van der Waals surface area (Å²) in [6, 6.07) is 10.7. The third-order valence-corrected chi connectivity index (χ3v) is 4.16. The summed E-state index contributed by atoms with van der Waals surface area (Å²) in [5.74, 6) is 0. The molecule has 2 rings (SSSR count). The quantitative estimate of drug-likeness (QED) is 0.837. The van der Waals surface area contributed by atoms with Gasteiger partial charge in [-0.3, -0.25) is 0 Å². The van der Waals surface area contributed by atoms with Crippen LogP contribution in [0.3, 0.4) is 0 Å². The first-order valence-electron chi connectivity index (χ1n) is 5.47. The lowest BCUT2D eigenvalue weighted by Gasteiger charge is -2.10. The summed E-state index contributed by atoms with van der Waals surface area (Å²) in [6.07, 6.45) is 0. The summed E-state index contributed by atoms with van der Waals surface area (Å²) in [6.45, 7) is 6.37. The summed E-state index contributed by atoms with van der Waals surface area (Å²) in [7, 11) is 0. The summed E-state index contributed by atoms with van der Waals surface area (Å²) < 4.78 is 0. The number of rotatable bonds is 2. The van der Waals surface area contributed by atoms with Crippen molar-refractivity contribution in [2.24, 2.45) is 5.73 Å². The van der Waals surface area contributed by atoms with E-state index in [1.165, 1.54) is 26.4 Å². The van der Waals surface area contributed by atoms with Gasteiger partial charge >= 0.3 is 0 Å². The molecule has 0 bridgehead atoms. The third kappa shape index (κ3) is 2.18. The Morgan fingerprint density at radius 2 is 1.69 bits per heavy atom. The van der Waals surface area contributed by atoms with E-state index in [9.17, 15) is 0 Å². The first-order chi connectivity index (χ1) is 7.58. The molecule has 0 aliphatic heterocycles. The molecule has 1 unspecified atom stereocenters. The molecular formula is C14H17NS. The van der Waals surface area contributed by atoms with Crippen LogP contribution >= 0.6 is 11.3 Å². The summed E-state index contributed by atoms with van der Waals surface area (Å²) in [4.78, 5) is 2.61. The molecule has 2 aromatic rings. The summed E-state index contributed by atoms with van der Waals surface area (Å²) in [5.41, 5.74) is 10.1. The Labute approximate surface area is 101 Å². The second-order valence-corrected chi connectivity index (χ2v) is 5.56. The maximum atomic E-state index is 6.26. The van der Waals surface area contributed by atoms with Gasteiger partial charge in [-0.15, -0.1) is 11.3 Å². The van der Waals surface area contributed by atoms with Gasteiger partial charge in [-0.05, 0) is 38.0 Å². The molecule has 1 heterocycles. The van der Waals surface area contributed by atoms with Gasteiger partial charge in [0.25, 0.3) is 0 Å². The largest absolute Gasteiger partial charge is 0.320 e. The fraction of sp³-hybridized carbons (Fsp3) is 0.286. The lowest BCUT2D eigenvalue weighted by atomic mass is 10.0. The van der Waals surface area contributed by atoms with Crippen molar-refractivity contribution in [3.8, 4) is 0 Å². The van der Waals surface area contributed by atoms with E-state index in [1.807, 2.05) is 0 Å². The minimum Gasteiger partial charge on any atom is -0.320 e. The van der Waals surface area contributed by atoms with Gasteiger partial charge in [-0.25, -0.2) is 0 Å². The van der Waals surface area contributed by atoms with Crippen LogP contribution in [0.1, 0.15) is 32.5 Å². The van der Waals surface area contributed by atoms with Gasteiger partial charge in [-0.2, -0.15) is 0 Å². The second-order valence-electron chi connectivity index (χ2n) is 4.28. The Bertz CT molecular complexity index is 462. The maximum Gasteiger partial charge on any atom is 0.0646 e. The number of aryl methyl sites for hydroxylation is 3. The normalized spacial score (nSPS) is 12.8. The molecule has 0 amide bonds. The minimum absolute atomic E-state index is 0.0120. The molecule has 0 spiro atoms. The number of hydrogen-bond acceptors (Lipinski definition) is 2. The molecule has 1 atom stereocenters. The van der Waals surface area contributed by atoms with Crippen molar-refractivity contribution in [1.82, 2.24) is 0 Å². The molecule has 0 aliphatic rings. The molecule has 1 aromatic carbocycles. The van der Waals surface area contributed by atoms with Crippen LogP contribution in [0.5, 0.6) is 0 Å². The molecule has 0 radical (unpaired) electrons. The van der Waals surface area contributed by atoms with E-state index in [1.54, 1.807) is 11.3 Å². The third-order valence-electron chi connectivity index (χ3n) is 2.93. The molecule has 84 valence electrons. The highest BCUT2D eigenvalue weighted by Gasteiger charge is 2.12. The number of thiophene rings is 1. The first kappa shape index (κ1) is 11.4. The Morgan fingerprint density at radius 3 is 2.19 bits per heavy atom. The zero-order chi connectivity index (χ0) is 11.7. The predicted molar refractivity (Wildman–Crippen MR) is 71.0 cm³/mol. The van der Waals surface area contributed by atoms with Gasteiger partial charge in [0.2, 0.25) is 0 Å². The van der Waals surface area contributed by atoms with Gasteiger partial charge in [0.1, 0.15) is 0 Å². The minimum atomic E-state index is 0.0120. The molecule has 0 saturated heterocycles. The van der Waals surface area contributed by atoms with Crippen LogP contribution in [0.2, 0.25) is 0 Å². The summed E-state index contributed by atoms with van der Waals surface area (Å²) in [5, 5.41) is 0. The highest BCUT2D eigenvalue weighted by atomic mass is 32.1. The van der Waals surface area contributed by atoms with Crippen LogP contribution in [-0.4, -0.2) is 0 Å². The summed E-state index contributed by atoms with van der Waals surface area (Å²) >= 11 is 1.80. The van der Waals surface area contributed by atoms with Gasteiger partial charge in [0.05, 0.1) is 6.04 Å². The highest BCUT2D eigenvalue weighted by Crippen LogP contribution is 2.29. The van der Waals surface area contributed by atoms with Crippen molar-refractivity contribution in [2.75, 3.05) is 0 Å². The molecule has 2 N–H and O–H groups in total. The molecular weight excluding hydrogens is 214 g/mol. The SMILES string of the molecule is Cc1ccc(C(N)c2cc(C)c(C)s2)cc1. The lowest BCUT2D eigenvalue weighted by molar-refractivity contribution is 0.892. The zero-order valence-corrected chi connectivity index (χ0v) is 10.8. The van der Waals surface area contributed by atoms with Crippen LogP contribution in [0.25, 0.3) is 0 Å². The van der Waals surface area contributed by atoms with E-state index in [2.05, 4.69) is 51.1 Å². The van der Waals surface area contributed by atoms with Crippen LogP contribution in [0, 0.1) is 20.8 Å². The van der Waals surface area contributed by atoms with E-state index in [0.29, 0.717) is 0 Å². The highest BCUT2D eigenvalue weighted by molar-refractivity contribution is 7.12. The van der Waals surface area contributed by atoms with Crippen LogP contribution in [-0.2, 0) is 0 Å². The van der Waals surface area contributed by atoms with Crippen molar-refractivity contribution in [1.29, 1.82) is 0 Å². The Kier molecular flexibility index (Phi) is 3.13. The fourth-order valence-electron chi connectivity index (χ4n) is 1.69. The van der Waals surface area contributed by atoms with Gasteiger partial charge in [-0.1, -0.05) is 29.8 Å². The molecule has 1 aromatic heterocycles. The van der Waals surface area contributed by atoms with Gasteiger partial charge in [0.15, 0.2) is 0 Å². The molecule has 2 heteroatoms. The lowest BCUT2D eigenvalue weighted by Crippen LogP contribution is -2.09. The van der Waals surface area contributed by atoms with Crippen molar-refractivity contribution in [3.05, 3.63) is 56.8 Å². The molecule has 0 saturated carbocycles. The predicted octanol–water partition coefficient (Wildman–Crippen LogP) is 3.72. The Balaban J connectivity index is 2.31. The van der Waals surface area contributed by atoms with Crippen molar-refractivity contribution in [2.45, 2.75) is 26.8 Å². The standard InChI is InChI=1S/C14H17NS/c1-9-4-6-12(7-5-9)14(15)13-8-10(2)11(3)16-13/h4-8,14H,15H2,1-3H3. The number of nitrogens with two attached hydrogens (primary N) is 1. The maximum absolute atomic E-state index is 6.26. The van der Waals surface area contributed by atoms with Crippen LogP contribution in [0.4, 0.5) is 0 Å². The second kappa shape index (κ2) is 4.40. The average molecular weight is 231 g/mol. The molecule has 16 heavy (non-hydrogen) atoms. The van der Waals surface area contributed by atoms with Crippen molar-refractivity contribution in [3.63, 3.8) is 0 Å². The van der Waals surface area contributed by atoms with E-state index in [4.69, 9.17) is 5.73 Å². The first-order valence-corrected chi connectivity index (χ1v) is 6.28. The fourth-order valence-corrected chi connectivity index (χ4v) is 2.77. The van der Waals surface area contributed by atoms with Gasteiger partial charge in [0, 0.05) is 9.75 Å².